The fourth-order valence-electron chi connectivity index (χ4n) is 7.74. The van der Waals surface area contributed by atoms with Crippen LogP contribution in [0.25, 0.3) is 0 Å². The van der Waals surface area contributed by atoms with Crippen molar-refractivity contribution in [2.75, 3.05) is 4.90 Å². The molecule has 10 heteroatoms. The summed E-state index contributed by atoms with van der Waals surface area (Å²) < 4.78 is 14.0. The van der Waals surface area contributed by atoms with Gasteiger partial charge in [0.05, 0.1) is 40.4 Å². The summed E-state index contributed by atoms with van der Waals surface area (Å²) in [6.07, 6.45) is 2.46. The number of imide groups is 2. The van der Waals surface area contributed by atoms with Crippen molar-refractivity contribution in [3.8, 4) is 5.75 Å². The molecule has 4 amide bonds. The molecule has 7 nitrogen and oxygen atoms in total. The predicted molar refractivity (Wildman–Crippen MR) is 154 cm³/mol. The number of carbonyl (C=O) groups excluding carboxylic acids is 4. The van der Waals surface area contributed by atoms with Crippen LogP contribution in [0, 0.1) is 34.9 Å². The first-order chi connectivity index (χ1) is 20.1. The minimum Gasteiger partial charge on any atom is -0.508 e. The standard InChI is InChI=1S/C32H26ClFN2O5S/c1-32-22(29(39)36(31(32)41)16-8-11-24(34)23(33)13-16)14-21-18(27(32)19-6-2-3-7-25(19)37)9-10-20-26(21)30(40)35(28(20)38)15-17-5-4-12-42-17/h2-9,11-13,20-22,26-27,37H,10,14-15H2,1H3. The Labute approximate surface area is 250 Å². The third-order valence-electron chi connectivity index (χ3n) is 9.67. The molecule has 6 atom stereocenters. The average molecular weight is 605 g/mol. The number of fused-ring (bicyclic) bond motifs is 4. The van der Waals surface area contributed by atoms with Gasteiger partial charge in [-0.3, -0.25) is 24.1 Å². The highest BCUT2D eigenvalue weighted by molar-refractivity contribution is 7.09. The van der Waals surface area contributed by atoms with E-state index in [1.54, 1.807) is 25.1 Å². The average Bonchev–Trinajstić information content (AvgIpc) is 3.62. The van der Waals surface area contributed by atoms with Crippen LogP contribution < -0.4 is 4.90 Å². The Hall–Kier alpha value is -3.82. The van der Waals surface area contributed by atoms with Gasteiger partial charge in [0.25, 0.3) is 0 Å². The van der Waals surface area contributed by atoms with Crippen molar-refractivity contribution in [3.05, 3.63) is 92.9 Å². The lowest BCUT2D eigenvalue weighted by atomic mass is 9.51. The van der Waals surface area contributed by atoms with Crippen molar-refractivity contribution in [1.29, 1.82) is 0 Å². The molecule has 2 saturated heterocycles. The lowest BCUT2D eigenvalue weighted by Gasteiger charge is -2.49. The van der Waals surface area contributed by atoms with Crippen LogP contribution in [0.2, 0.25) is 5.02 Å². The first kappa shape index (κ1) is 27.0. The number of likely N-dealkylation sites (tertiary alicyclic amines) is 1. The number of allylic oxidation sites excluding steroid dienone is 2. The molecule has 3 heterocycles. The summed E-state index contributed by atoms with van der Waals surface area (Å²) in [5.41, 5.74) is 0.114. The number of aromatic hydroxyl groups is 1. The summed E-state index contributed by atoms with van der Waals surface area (Å²) in [5, 5.41) is 12.7. The zero-order valence-corrected chi connectivity index (χ0v) is 24.1. The fourth-order valence-corrected chi connectivity index (χ4v) is 8.61. The van der Waals surface area contributed by atoms with E-state index in [1.807, 2.05) is 23.6 Å². The number of phenolic OH excluding ortho intramolecular Hbond substituents is 1. The number of nitrogens with zero attached hydrogens (tertiary/aromatic N) is 2. The van der Waals surface area contributed by atoms with Crippen LogP contribution in [0.5, 0.6) is 5.75 Å². The molecule has 7 rings (SSSR count). The largest absolute Gasteiger partial charge is 0.508 e. The van der Waals surface area contributed by atoms with Gasteiger partial charge in [0.2, 0.25) is 23.6 Å². The van der Waals surface area contributed by atoms with E-state index in [2.05, 4.69) is 0 Å². The highest BCUT2D eigenvalue weighted by atomic mass is 35.5. The van der Waals surface area contributed by atoms with Gasteiger partial charge in [-0.25, -0.2) is 9.29 Å². The summed E-state index contributed by atoms with van der Waals surface area (Å²) in [6, 6.07) is 14.2. The van der Waals surface area contributed by atoms with Crippen LogP contribution in [0.1, 0.15) is 36.1 Å². The van der Waals surface area contributed by atoms with E-state index < -0.39 is 52.6 Å². The predicted octanol–water partition coefficient (Wildman–Crippen LogP) is 5.68. The van der Waals surface area contributed by atoms with E-state index in [0.717, 1.165) is 21.4 Å². The zero-order valence-electron chi connectivity index (χ0n) is 22.5. The molecule has 3 aromatic rings. The SMILES string of the molecule is CC12C(=O)N(c3ccc(F)c(Cl)c3)C(=O)C1CC1C(=CCC3C(=O)N(Cc4cccs4)C(=O)C31)C2c1ccccc1O. The molecule has 4 aliphatic rings. The number of thiophene rings is 1. The molecular weight excluding hydrogens is 579 g/mol. The molecule has 2 aliphatic heterocycles. The molecule has 3 fully saturated rings. The Morgan fingerprint density at radius 2 is 1.81 bits per heavy atom. The second-order valence-corrected chi connectivity index (χ2v) is 13.1. The summed E-state index contributed by atoms with van der Waals surface area (Å²) in [6.45, 7) is 1.93. The Kier molecular flexibility index (Phi) is 6.18. The molecule has 2 aromatic carbocycles. The number of carbonyl (C=O) groups is 4. The number of hydrogen-bond acceptors (Lipinski definition) is 6. The lowest BCUT2D eigenvalue weighted by molar-refractivity contribution is -0.141. The molecule has 1 N–H and O–H groups in total. The third-order valence-corrected chi connectivity index (χ3v) is 10.8. The Bertz CT molecular complexity index is 1710. The van der Waals surface area contributed by atoms with Gasteiger partial charge < -0.3 is 5.11 Å². The highest BCUT2D eigenvalue weighted by Crippen LogP contribution is 2.64. The minimum absolute atomic E-state index is 0.0252. The maximum absolute atomic E-state index is 14.3. The molecule has 2 aliphatic carbocycles. The van der Waals surface area contributed by atoms with E-state index in [0.29, 0.717) is 12.0 Å². The molecule has 6 unspecified atom stereocenters. The number of hydrogen-bond donors (Lipinski definition) is 1. The number of amides is 4. The van der Waals surface area contributed by atoms with Gasteiger partial charge in [0, 0.05) is 16.4 Å². The smallest absolute Gasteiger partial charge is 0.241 e. The number of anilines is 1. The van der Waals surface area contributed by atoms with Gasteiger partial charge in [-0.15, -0.1) is 11.3 Å². The number of halogens is 2. The number of phenols is 1. The summed E-state index contributed by atoms with van der Waals surface area (Å²) in [7, 11) is 0. The first-order valence-electron chi connectivity index (χ1n) is 13.8. The van der Waals surface area contributed by atoms with Crippen molar-refractivity contribution >= 4 is 52.3 Å². The first-order valence-corrected chi connectivity index (χ1v) is 15.1. The van der Waals surface area contributed by atoms with Crippen LogP contribution in [-0.2, 0) is 25.7 Å². The molecule has 1 saturated carbocycles. The molecule has 42 heavy (non-hydrogen) atoms. The molecular formula is C32H26ClFN2O5S. The van der Waals surface area contributed by atoms with Crippen LogP contribution in [0.15, 0.2) is 71.6 Å². The topological polar surface area (TPSA) is 95.0 Å². The van der Waals surface area contributed by atoms with E-state index in [4.69, 9.17) is 11.6 Å². The highest BCUT2D eigenvalue weighted by Gasteiger charge is 2.67. The molecule has 1 aromatic heterocycles. The summed E-state index contributed by atoms with van der Waals surface area (Å²) in [4.78, 5) is 59.2. The minimum atomic E-state index is -1.31. The van der Waals surface area contributed by atoms with Crippen molar-refractivity contribution < 1.29 is 28.7 Å². The zero-order chi connectivity index (χ0) is 29.5. The maximum atomic E-state index is 14.3. The van der Waals surface area contributed by atoms with E-state index in [-0.39, 0.29) is 41.2 Å². The lowest BCUT2D eigenvalue weighted by Crippen LogP contribution is -2.48. The second-order valence-electron chi connectivity index (χ2n) is 11.7. The summed E-state index contributed by atoms with van der Waals surface area (Å²) >= 11 is 7.51. The number of rotatable bonds is 4. The van der Waals surface area contributed by atoms with Gasteiger partial charge in [-0.1, -0.05) is 47.5 Å². The van der Waals surface area contributed by atoms with Crippen LogP contribution in [0.4, 0.5) is 10.1 Å². The number of para-hydroxylation sites is 1. The van der Waals surface area contributed by atoms with Gasteiger partial charge in [0.15, 0.2) is 0 Å². The van der Waals surface area contributed by atoms with Gasteiger partial charge in [-0.05, 0) is 61.4 Å². The van der Waals surface area contributed by atoms with E-state index in [9.17, 15) is 28.7 Å². The Balaban J connectivity index is 1.35. The maximum Gasteiger partial charge on any atom is 0.241 e. The summed E-state index contributed by atoms with van der Waals surface area (Å²) in [5.74, 6) is -5.44. The van der Waals surface area contributed by atoms with Crippen molar-refractivity contribution in [2.45, 2.75) is 32.2 Å². The van der Waals surface area contributed by atoms with E-state index in [1.165, 1.54) is 34.4 Å². The van der Waals surface area contributed by atoms with Gasteiger partial charge in [0.1, 0.15) is 11.6 Å². The quantitative estimate of drug-likeness (QED) is 0.306. The van der Waals surface area contributed by atoms with Crippen LogP contribution in [-0.4, -0.2) is 33.6 Å². The third kappa shape index (κ3) is 3.69. The molecule has 0 spiro atoms. The Morgan fingerprint density at radius 1 is 1.02 bits per heavy atom. The number of benzene rings is 2. The molecule has 214 valence electrons. The van der Waals surface area contributed by atoms with Gasteiger partial charge in [-0.2, -0.15) is 0 Å². The monoisotopic (exact) mass is 604 g/mol. The second kappa shape index (κ2) is 9.61. The fraction of sp³-hybridized carbons (Fsp3) is 0.312. The van der Waals surface area contributed by atoms with Crippen LogP contribution in [0.3, 0.4) is 0 Å². The van der Waals surface area contributed by atoms with Crippen molar-refractivity contribution in [2.24, 2.45) is 29.1 Å². The molecule has 0 bridgehead atoms. The normalized spacial score (nSPS) is 30.4. The van der Waals surface area contributed by atoms with Crippen molar-refractivity contribution in [3.63, 3.8) is 0 Å². The van der Waals surface area contributed by atoms with Crippen molar-refractivity contribution in [1.82, 2.24) is 4.90 Å². The van der Waals surface area contributed by atoms with E-state index >= 15 is 0 Å². The van der Waals surface area contributed by atoms with Gasteiger partial charge >= 0.3 is 0 Å². The molecule has 0 radical (unpaired) electrons. The van der Waals surface area contributed by atoms with Crippen LogP contribution >= 0.6 is 22.9 Å². The Morgan fingerprint density at radius 3 is 2.52 bits per heavy atom.